The topological polar surface area (TPSA) is 62.1 Å². The van der Waals surface area contributed by atoms with E-state index in [1.807, 2.05) is 0 Å². The Bertz CT molecular complexity index is 662. The van der Waals surface area contributed by atoms with Gasteiger partial charge in [-0.3, -0.25) is 4.79 Å². The first kappa shape index (κ1) is 18.8. The Kier molecular flexibility index (Phi) is 5.91. The van der Waals surface area contributed by atoms with Gasteiger partial charge < -0.3 is 14.8 Å². The molecule has 0 radical (unpaired) electrons. The standard InChI is InChI=1S/C20H27FN2O3/c1-2-3-10-23-11-4-9-20(14-23,19(24)25)13-17-12-18(22-26-17)15-5-7-16(21)8-6-15/h5-8,17H,2-4,9-14H2,1H3,(H,24,25)/t17-,20+/m0/s1. The summed E-state index contributed by atoms with van der Waals surface area (Å²) < 4.78 is 13.1. The van der Waals surface area contributed by atoms with Crippen molar-refractivity contribution in [2.75, 3.05) is 19.6 Å². The largest absolute Gasteiger partial charge is 0.481 e. The highest BCUT2D eigenvalue weighted by Gasteiger charge is 2.45. The van der Waals surface area contributed by atoms with Gasteiger partial charge in [-0.25, -0.2) is 4.39 Å². The molecule has 142 valence electrons. The maximum Gasteiger partial charge on any atom is 0.311 e. The number of nitrogens with zero attached hydrogens (tertiary/aromatic N) is 2. The van der Waals surface area contributed by atoms with Crippen molar-refractivity contribution in [3.05, 3.63) is 35.6 Å². The Hall–Kier alpha value is -1.95. The number of benzene rings is 1. The Morgan fingerprint density at radius 1 is 1.42 bits per heavy atom. The molecular formula is C20H27FN2O3. The van der Waals surface area contributed by atoms with Crippen LogP contribution in [-0.2, 0) is 9.63 Å². The van der Waals surface area contributed by atoms with E-state index in [2.05, 4.69) is 17.0 Å². The zero-order chi connectivity index (χ0) is 18.6. The van der Waals surface area contributed by atoms with Crippen LogP contribution in [0.3, 0.4) is 0 Å². The van der Waals surface area contributed by atoms with Crippen LogP contribution in [0.2, 0.25) is 0 Å². The second-order valence-corrected chi connectivity index (χ2v) is 7.50. The molecule has 0 amide bonds. The van der Waals surface area contributed by atoms with Gasteiger partial charge in [0.25, 0.3) is 0 Å². The summed E-state index contributed by atoms with van der Waals surface area (Å²) in [5, 5.41) is 14.1. The van der Waals surface area contributed by atoms with Crippen molar-refractivity contribution in [3.63, 3.8) is 0 Å². The normalized spacial score (nSPS) is 26.4. The van der Waals surface area contributed by atoms with Crippen LogP contribution in [-0.4, -0.2) is 47.4 Å². The van der Waals surface area contributed by atoms with E-state index in [-0.39, 0.29) is 11.9 Å². The minimum atomic E-state index is -0.773. The first-order valence-electron chi connectivity index (χ1n) is 9.47. The van der Waals surface area contributed by atoms with E-state index in [0.29, 0.717) is 25.8 Å². The van der Waals surface area contributed by atoms with Crippen molar-refractivity contribution >= 4 is 11.7 Å². The quantitative estimate of drug-likeness (QED) is 0.804. The van der Waals surface area contributed by atoms with E-state index >= 15 is 0 Å². The molecular weight excluding hydrogens is 335 g/mol. The molecule has 1 fully saturated rings. The maximum absolute atomic E-state index is 13.1. The second kappa shape index (κ2) is 8.16. The van der Waals surface area contributed by atoms with Crippen LogP contribution < -0.4 is 0 Å². The summed E-state index contributed by atoms with van der Waals surface area (Å²) >= 11 is 0. The van der Waals surface area contributed by atoms with E-state index in [1.165, 1.54) is 12.1 Å². The van der Waals surface area contributed by atoms with E-state index in [9.17, 15) is 14.3 Å². The monoisotopic (exact) mass is 362 g/mol. The molecule has 1 N–H and O–H groups in total. The van der Waals surface area contributed by atoms with Crippen molar-refractivity contribution in [2.45, 2.75) is 51.6 Å². The van der Waals surface area contributed by atoms with Crippen molar-refractivity contribution < 1.29 is 19.1 Å². The Balaban J connectivity index is 1.64. The van der Waals surface area contributed by atoms with Gasteiger partial charge in [-0.1, -0.05) is 30.6 Å². The molecule has 0 aliphatic carbocycles. The maximum atomic E-state index is 13.1. The smallest absolute Gasteiger partial charge is 0.311 e. The number of aliphatic carboxylic acids is 1. The van der Waals surface area contributed by atoms with E-state index in [4.69, 9.17) is 4.84 Å². The van der Waals surface area contributed by atoms with Crippen LogP contribution in [0.5, 0.6) is 0 Å². The van der Waals surface area contributed by atoms with Crippen LogP contribution in [0.1, 0.15) is 51.0 Å². The number of hydrogen-bond donors (Lipinski definition) is 1. The lowest BCUT2D eigenvalue weighted by molar-refractivity contribution is -0.155. The number of unbranched alkanes of at least 4 members (excludes halogenated alkanes) is 1. The van der Waals surface area contributed by atoms with Crippen molar-refractivity contribution in [2.24, 2.45) is 10.6 Å². The van der Waals surface area contributed by atoms with Gasteiger partial charge in [0, 0.05) is 19.4 Å². The third kappa shape index (κ3) is 4.23. The van der Waals surface area contributed by atoms with Gasteiger partial charge in [0.2, 0.25) is 0 Å². The summed E-state index contributed by atoms with van der Waals surface area (Å²) in [6, 6.07) is 6.16. The zero-order valence-electron chi connectivity index (χ0n) is 15.3. The summed E-state index contributed by atoms with van der Waals surface area (Å²) in [4.78, 5) is 19.9. The fourth-order valence-electron chi connectivity index (χ4n) is 4.01. The second-order valence-electron chi connectivity index (χ2n) is 7.50. The zero-order valence-corrected chi connectivity index (χ0v) is 15.3. The Morgan fingerprint density at radius 3 is 2.88 bits per heavy atom. The predicted molar refractivity (Wildman–Crippen MR) is 97.7 cm³/mol. The van der Waals surface area contributed by atoms with Crippen LogP contribution >= 0.6 is 0 Å². The number of halogens is 1. The predicted octanol–water partition coefficient (Wildman–Crippen LogP) is 3.68. The van der Waals surface area contributed by atoms with Gasteiger partial charge in [0.1, 0.15) is 11.9 Å². The Labute approximate surface area is 153 Å². The molecule has 2 atom stereocenters. The van der Waals surface area contributed by atoms with Crippen LogP contribution in [0.25, 0.3) is 0 Å². The van der Waals surface area contributed by atoms with E-state index < -0.39 is 11.4 Å². The third-order valence-electron chi connectivity index (χ3n) is 5.47. The third-order valence-corrected chi connectivity index (χ3v) is 5.47. The number of carboxylic acids is 1. The number of carboxylic acid groups (broad SMARTS) is 1. The lowest BCUT2D eigenvalue weighted by Crippen LogP contribution is -2.49. The molecule has 1 aromatic carbocycles. The molecule has 2 aliphatic heterocycles. The fourth-order valence-corrected chi connectivity index (χ4v) is 4.01. The number of piperidine rings is 1. The highest BCUT2D eigenvalue weighted by atomic mass is 19.1. The molecule has 5 nitrogen and oxygen atoms in total. The number of carbonyl (C=O) groups is 1. The molecule has 0 bridgehead atoms. The van der Waals surface area contributed by atoms with Gasteiger partial charge in [0.05, 0.1) is 11.1 Å². The minimum Gasteiger partial charge on any atom is -0.481 e. The van der Waals surface area contributed by atoms with Crippen molar-refractivity contribution in [1.29, 1.82) is 0 Å². The molecule has 6 heteroatoms. The van der Waals surface area contributed by atoms with Crippen LogP contribution in [0.15, 0.2) is 29.4 Å². The molecule has 0 unspecified atom stereocenters. The summed E-state index contributed by atoms with van der Waals surface area (Å²) in [5.74, 6) is -1.03. The number of likely N-dealkylation sites (tertiary alicyclic amines) is 1. The average Bonchev–Trinajstić information content (AvgIpc) is 3.09. The molecule has 0 spiro atoms. The first-order chi connectivity index (χ1) is 12.5. The summed E-state index contributed by atoms with van der Waals surface area (Å²) in [6.45, 7) is 4.65. The van der Waals surface area contributed by atoms with E-state index in [1.54, 1.807) is 12.1 Å². The summed E-state index contributed by atoms with van der Waals surface area (Å²) in [7, 11) is 0. The van der Waals surface area contributed by atoms with Gasteiger partial charge >= 0.3 is 5.97 Å². The number of hydrogen-bond acceptors (Lipinski definition) is 4. The summed E-state index contributed by atoms with van der Waals surface area (Å²) in [5.41, 5.74) is 0.811. The molecule has 3 rings (SSSR count). The van der Waals surface area contributed by atoms with Crippen molar-refractivity contribution in [3.8, 4) is 0 Å². The van der Waals surface area contributed by atoms with E-state index in [0.717, 1.165) is 43.6 Å². The molecule has 0 saturated carbocycles. The molecule has 2 heterocycles. The first-order valence-corrected chi connectivity index (χ1v) is 9.47. The lowest BCUT2D eigenvalue weighted by atomic mass is 9.74. The molecule has 26 heavy (non-hydrogen) atoms. The minimum absolute atomic E-state index is 0.239. The SMILES string of the molecule is CCCCN1CCC[C@](C[C@@H]2CC(c3ccc(F)cc3)=NO2)(C(=O)O)C1. The molecule has 1 saturated heterocycles. The lowest BCUT2D eigenvalue weighted by Gasteiger charge is -2.40. The highest BCUT2D eigenvalue weighted by molar-refractivity contribution is 6.01. The summed E-state index contributed by atoms with van der Waals surface area (Å²) in [6.07, 6.45) is 4.56. The highest BCUT2D eigenvalue weighted by Crippen LogP contribution is 2.38. The van der Waals surface area contributed by atoms with Gasteiger partial charge in [-0.2, -0.15) is 0 Å². The van der Waals surface area contributed by atoms with Gasteiger partial charge in [-0.15, -0.1) is 0 Å². The molecule has 1 aromatic rings. The molecule has 2 aliphatic rings. The van der Waals surface area contributed by atoms with Crippen molar-refractivity contribution in [1.82, 2.24) is 4.90 Å². The van der Waals surface area contributed by atoms with Crippen LogP contribution in [0.4, 0.5) is 4.39 Å². The Morgan fingerprint density at radius 2 is 2.19 bits per heavy atom. The average molecular weight is 362 g/mol. The van der Waals surface area contributed by atoms with Gasteiger partial charge in [0.15, 0.2) is 0 Å². The molecule has 0 aromatic heterocycles. The number of rotatable bonds is 7. The van der Waals surface area contributed by atoms with Crippen LogP contribution in [0, 0.1) is 11.2 Å². The van der Waals surface area contributed by atoms with Gasteiger partial charge in [-0.05, 0) is 50.0 Å². The number of oxime groups is 1. The fraction of sp³-hybridized carbons (Fsp3) is 0.600.